The van der Waals surface area contributed by atoms with E-state index >= 15 is 0 Å². The van der Waals surface area contributed by atoms with E-state index in [0.717, 1.165) is 0 Å². The van der Waals surface area contributed by atoms with Crippen LogP contribution in [0.1, 0.15) is 18.1 Å². The summed E-state index contributed by atoms with van der Waals surface area (Å²) in [7, 11) is 2.68. The molecule has 0 aromatic heterocycles. The summed E-state index contributed by atoms with van der Waals surface area (Å²) >= 11 is 5.85. The lowest BCUT2D eigenvalue weighted by atomic mass is 10.0. The number of hydrogen-bond donors (Lipinski definition) is 2. The van der Waals surface area contributed by atoms with Gasteiger partial charge >= 0.3 is 5.97 Å². The number of benzene rings is 1. The molecule has 0 saturated carbocycles. The number of halogens is 1. The zero-order valence-electron chi connectivity index (χ0n) is 10.1. The van der Waals surface area contributed by atoms with E-state index in [4.69, 9.17) is 16.3 Å². The molecule has 0 saturated heterocycles. The summed E-state index contributed by atoms with van der Waals surface area (Å²) in [6.07, 6.45) is -2.80. The summed E-state index contributed by atoms with van der Waals surface area (Å²) in [6, 6.07) is 4.61. The molecule has 5 nitrogen and oxygen atoms in total. The van der Waals surface area contributed by atoms with Crippen molar-refractivity contribution >= 4 is 17.6 Å². The van der Waals surface area contributed by atoms with Gasteiger partial charge in [-0.2, -0.15) is 0 Å². The lowest BCUT2D eigenvalue weighted by molar-refractivity contribution is -0.144. The molecule has 0 fully saturated rings. The van der Waals surface area contributed by atoms with E-state index in [1.54, 1.807) is 6.07 Å². The fourth-order valence-corrected chi connectivity index (χ4v) is 1.69. The maximum atomic E-state index is 11.0. The van der Waals surface area contributed by atoms with E-state index in [-0.39, 0.29) is 6.42 Å². The number of methoxy groups -OCH3 is 2. The molecular formula is C12H15ClO5. The Morgan fingerprint density at radius 2 is 2.00 bits per heavy atom. The molecule has 0 bridgehead atoms. The molecule has 0 heterocycles. The topological polar surface area (TPSA) is 76.0 Å². The van der Waals surface area contributed by atoms with Gasteiger partial charge in [0.25, 0.3) is 0 Å². The molecule has 0 aliphatic carbocycles. The summed E-state index contributed by atoms with van der Waals surface area (Å²) in [6.45, 7) is 0. The Kier molecular flexibility index (Phi) is 5.40. The van der Waals surface area contributed by atoms with Crippen LogP contribution in [0.25, 0.3) is 0 Å². The molecule has 1 aromatic rings. The number of ether oxygens (including phenoxy) is 2. The van der Waals surface area contributed by atoms with Gasteiger partial charge in [0.05, 0.1) is 26.7 Å². The first-order valence-electron chi connectivity index (χ1n) is 5.25. The molecule has 0 radical (unpaired) electrons. The van der Waals surface area contributed by atoms with Crippen LogP contribution in [0.4, 0.5) is 0 Å². The van der Waals surface area contributed by atoms with Gasteiger partial charge in [0.2, 0.25) is 0 Å². The second-order valence-corrected chi connectivity index (χ2v) is 4.15. The van der Waals surface area contributed by atoms with Crippen LogP contribution in [0.5, 0.6) is 5.75 Å². The summed E-state index contributed by atoms with van der Waals surface area (Å²) in [4.78, 5) is 11.0. The summed E-state index contributed by atoms with van der Waals surface area (Å²) < 4.78 is 9.41. The summed E-state index contributed by atoms with van der Waals surface area (Å²) in [5, 5.41) is 20.0. The fourth-order valence-electron chi connectivity index (χ4n) is 1.46. The average molecular weight is 275 g/mol. The number of hydrogen-bond acceptors (Lipinski definition) is 5. The molecule has 1 rings (SSSR count). The van der Waals surface area contributed by atoms with Crippen molar-refractivity contribution in [1.29, 1.82) is 0 Å². The first kappa shape index (κ1) is 14.8. The molecule has 0 aliphatic heterocycles. The molecule has 2 unspecified atom stereocenters. The zero-order chi connectivity index (χ0) is 13.7. The normalized spacial score (nSPS) is 13.8. The number of aliphatic hydroxyl groups excluding tert-OH is 2. The van der Waals surface area contributed by atoms with Crippen LogP contribution in [0.2, 0.25) is 5.02 Å². The van der Waals surface area contributed by atoms with Crippen molar-refractivity contribution in [1.82, 2.24) is 0 Å². The Bertz CT molecular complexity index is 421. The number of rotatable bonds is 5. The Hall–Kier alpha value is -1.30. The van der Waals surface area contributed by atoms with Gasteiger partial charge < -0.3 is 19.7 Å². The highest BCUT2D eigenvalue weighted by Crippen LogP contribution is 2.27. The predicted octanol–water partition coefficient (Wildman–Crippen LogP) is 1.31. The maximum Gasteiger partial charge on any atom is 0.308 e. The van der Waals surface area contributed by atoms with Gasteiger partial charge in [0.1, 0.15) is 11.9 Å². The third-order valence-electron chi connectivity index (χ3n) is 2.44. The van der Waals surface area contributed by atoms with E-state index in [1.807, 2.05) is 0 Å². The Balaban J connectivity index is 2.85. The molecule has 6 heteroatoms. The molecule has 0 amide bonds. The summed E-state index contributed by atoms with van der Waals surface area (Å²) in [5.74, 6) is -0.141. The van der Waals surface area contributed by atoms with Gasteiger partial charge in [-0.15, -0.1) is 0 Å². The largest absolute Gasteiger partial charge is 0.497 e. The van der Waals surface area contributed by atoms with E-state index in [1.165, 1.54) is 26.4 Å². The number of carbonyl (C=O) groups excluding carboxylic acids is 1. The first-order valence-corrected chi connectivity index (χ1v) is 5.63. The molecule has 18 heavy (non-hydrogen) atoms. The quantitative estimate of drug-likeness (QED) is 0.792. The predicted molar refractivity (Wildman–Crippen MR) is 65.6 cm³/mol. The highest BCUT2D eigenvalue weighted by atomic mass is 35.5. The van der Waals surface area contributed by atoms with Crippen molar-refractivity contribution in [2.75, 3.05) is 14.2 Å². The van der Waals surface area contributed by atoms with Gasteiger partial charge in [0, 0.05) is 5.02 Å². The molecular weight excluding hydrogens is 260 g/mol. The van der Waals surface area contributed by atoms with Crippen LogP contribution in [-0.4, -0.2) is 36.5 Å². The number of carbonyl (C=O) groups is 1. The third kappa shape index (κ3) is 3.87. The second-order valence-electron chi connectivity index (χ2n) is 3.72. The lowest BCUT2D eigenvalue weighted by Crippen LogP contribution is -2.22. The van der Waals surface area contributed by atoms with Crippen molar-refractivity contribution in [2.24, 2.45) is 0 Å². The first-order chi connectivity index (χ1) is 8.47. The molecule has 0 aliphatic rings. The van der Waals surface area contributed by atoms with Crippen LogP contribution in [-0.2, 0) is 9.53 Å². The van der Waals surface area contributed by atoms with Crippen LogP contribution in [0, 0.1) is 0 Å². The smallest absolute Gasteiger partial charge is 0.308 e. The zero-order valence-corrected chi connectivity index (χ0v) is 10.8. The maximum absolute atomic E-state index is 11.0. The standard InChI is InChI=1S/C12H15ClO5/c1-17-9-4-7(3-8(13)5-9)12(16)10(14)6-11(15)18-2/h3-5,10,12,14,16H,6H2,1-2H3. The molecule has 0 spiro atoms. The molecule has 2 atom stereocenters. The SMILES string of the molecule is COC(=O)CC(O)C(O)c1cc(Cl)cc(OC)c1. The molecule has 2 N–H and O–H groups in total. The Morgan fingerprint density at radius 3 is 2.56 bits per heavy atom. The van der Waals surface area contributed by atoms with Crippen molar-refractivity contribution in [3.63, 3.8) is 0 Å². The Morgan fingerprint density at radius 1 is 1.33 bits per heavy atom. The Labute approximate surface area is 110 Å². The van der Waals surface area contributed by atoms with Gasteiger partial charge in [-0.1, -0.05) is 11.6 Å². The lowest BCUT2D eigenvalue weighted by Gasteiger charge is -2.18. The minimum Gasteiger partial charge on any atom is -0.497 e. The van der Waals surface area contributed by atoms with Crippen LogP contribution < -0.4 is 4.74 Å². The van der Waals surface area contributed by atoms with E-state index < -0.39 is 18.2 Å². The monoisotopic (exact) mass is 274 g/mol. The molecule has 1 aromatic carbocycles. The van der Waals surface area contributed by atoms with Crippen molar-refractivity contribution in [3.05, 3.63) is 28.8 Å². The second kappa shape index (κ2) is 6.58. The highest BCUT2D eigenvalue weighted by molar-refractivity contribution is 6.30. The van der Waals surface area contributed by atoms with Crippen molar-refractivity contribution in [3.8, 4) is 5.75 Å². The van der Waals surface area contributed by atoms with E-state index in [2.05, 4.69) is 4.74 Å². The number of aliphatic hydroxyl groups is 2. The minimum atomic E-state index is -1.26. The van der Waals surface area contributed by atoms with Gasteiger partial charge in [-0.25, -0.2) is 0 Å². The minimum absolute atomic E-state index is 0.299. The van der Waals surface area contributed by atoms with Crippen molar-refractivity contribution in [2.45, 2.75) is 18.6 Å². The van der Waals surface area contributed by atoms with E-state index in [0.29, 0.717) is 16.3 Å². The van der Waals surface area contributed by atoms with Gasteiger partial charge in [0.15, 0.2) is 0 Å². The molecule has 100 valence electrons. The van der Waals surface area contributed by atoms with Gasteiger partial charge in [-0.3, -0.25) is 4.79 Å². The van der Waals surface area contributed by atoms with E-state index in [9.17, 15) is 15.0 Å². The van der Waals surface area contributed by atoms with Crippen LogP contribution in [0.3, 0.4) is 0 Å². The third-order valence-corrected chi connectivity index (χ3v) is 2.66. The van der Waals surface area contributed by atoms with Crippen LogP contribution in [0.15, 0.2) is 18.2 Å². The highest BCUT2D eigenvalue weighted by Gasteiger charge is 2.22. The average Bonchev–Trinajstić information content (AvgIpc) is 2.36. The number of esters is 1. The summed E-state index contributed by atoms with van der Waals surface area (Å²) in [5.41, 5.74) is 0.371. The fraction of sp³-hybridized carbons (Fsp3) is 0.417. The van der Waals surface area contributed by atoms with Crippen LogP contribution >= 0.6 is 11.6 Å². The van der Waals surface area contributed by atoms with Gasteiger partial charge in [-0.05, 0) is 23.8 Å². The van der Waals surface area contributed by atoms with Crippen molar-refractivity contribution < 1.29 is 24.5 Å².